The average Bonchev–Trinajstić information content (AvgIpc) is 2.39. The lowest BCUT2D eigenvalue weighted by Crippen LogP contribution is -2.30. The second-order valence-electron chi connectivity index (χ2n) is 4.22. The maximum atomic E-state index is 13.9. The Hall–Kier alpha value is -0.940. The van der Waals surface area contributed by atoms with Crippen molar-refractivity contribution in [3.8, 4) is 0 Å². The van der Waals surface area contributed by atoms with Crippen LogP contribution in [-0.4, -0.2) is 0 Å². The van der Waals surface area contributed by atoms with Gasteiger partial charge in [0.1, 0.15) is 5.82 Å². The van der Waals surface area contributed by atoms with Gasteiger partial charge in [0, 0.05) is 15.1 Å². The molecule has 0 radical (unpaired) electrons. The van der Waals surface area contributed by atoms with Crippen molar-refractivity contribution in [1.82, 2.24) is 5.43 Å². The molecule has 100 valence electrons. The van der Waals surface area contributed by atoms with E-state index in [1.807, 2.05) is 24.3 Å². The summed E-state index contributed by atoms with van der Waals surface area (Å²) in [7, 11) is 0. The highest BCUT2D eigenvalue weighted by molar-refractivity contribution is 9.10. The normalized spacial score (nSPS) is 12.4. The fraction of sp³-hybridized carbons (Fsp3) is 0.143. The molecule has 0 aromatic heterocycles. The first-order valence-corrected chi connectivity index (χ1v) is 6.93. The number of nitrogens with two attached hydrogens (primary N) is 1. The molecule has 0 amide bonds. The summed E-state index contributed by atoms with van der Waals surface area (Å²) in [5.41, 5.74) is 4.23. The molecular weight excluding hydrogens is 331 g/mol. The lowest BCUT2D eigenvalue weighted by atomic mass is 9.99. The molecule has 1 unspecified atom stereocenters. The van der Waals surface area contributed by atoms with Gasteiger partial charge in [0.05, 0.1) is 6.04 Å². The first kappa shape index (κ1) is 14.5. The zero-order valence-corrected chi connectivity index (χ0v) is 12.4. The van der Waals surface area contributed by atoms with Crippen LogP contribution in [0.25, 0.3) is 0 Å². The molecule has 1 atom stereocenters. The minimum Gasteiger partial charge on any atom is -0.271 e. The maximum absolute atomic E-state index is 13.9. The van der Waals surface area contributed by atoms with Crippen molar-refractivity contribution in [2.24, 2.45) is 5.84 Å². The van der Waals surface area contributed by atoms with E-state index < -0.39 is 0 Å². The molecule has 2 aromatic rings. The highest BCUT2D eigenvalue weighted by Crippen LogP contribution is 2.24. The predicted octanol–water partition coefficient (Wildman–Crippen LogP) is 3.99. The number of nitrogens with one attached hydrogen (secondary N) is 1. The van der Waals surface area contributed by atoms with Gasteiger partial charge in [0.15, 0.2) is 0 Å². The van der Waals surface area contributed by atoms with E-state index in [0.717, 1.165) is 5.56 Å². The Morgan fingerprint density at radius 1 is 1.21 bits per heavy atom. The largest absolute Gasteiger partial charge is 0.271 e. The highest BCUT2D eigenvalue weighted by Gasteiger charge is 2.15. The number of hydrogen-bond acceptors (Lipinski definition) is 2. The maximum Gasteiger partial charge on any atom is 0.129 e. The predicted molar refractivity (Wildman–Crippen MR) is 79.3 cm³/mol. The van der Waals surface area contributed by atoms with Crippen LogP contribution in [0, 0.1) is 5.82 Å². The summed E-state index contributed by atoms with van der Waals surface area (Å²) in [5, 5.41) is 0.677. The van der Waals surface area contributed by atoms with E-state index in [9.17, 15) is 4.39 Å². The Balaban J connectivity index is 2.22. The van der Waals surface area contributed by atoms with E-state index in [1.165, 1.54) is 6.07 Å². The molecule has 0 bridgehead atoms. The van der Waals surface area contributed by atoms with Crippen LogP contribution in [0.4, 0.5) is 4.39 Å². The molecular formula is C14H13BrClFN2. The van der Waals surface area contributed by atoms with Gasteiger partial charge in [-0.1, -0.05) is 45.7 Å². The second kappa shape index (κ2) is 6.48. The van der Waals surface area contributed by atoms with Crippen LogP contribution in [0.3, 0.4) is 0 Å². The summed E-state index contributed by atoms with van der Waals surface area (Å²) in [6.45, 7) is 0. The molecule has 2 aromatic carbocycles. The van der Waals surface area contributed by atoms with Crippen molar-refractivity contribution in [3.63, 3.8) is 0 Å². The molecule has 0 aliphatic rings. The number of hydrazine groups is 1. The van der Waals surface area contributed by atoms with Gasteiger partial charge in [-0.3, -0.25) is 11.3 Å². The summed E-state index contributed by atoms with van der Waals surface area (Å²) >= 11 is 9.07. The van der Waals surface area contributed by atoms with Gasteiger partial charge in [-0.05, 0) is 36.2 Å². The minimum absolute atomic E-state index is 0.283. The fourth-order valence-electron chi connectivity index (χ4n) is 1.90. The molecule has 0 fully saturated rings. The Morgan fingerprint density at radius 2 is 1.89 bits per heavy atom. The third-order valence-electron chi connectivity index (χ3n) is 2.89. The van der Waals surface area contributed by atoms with Crippen LogP contribution in [0.5, 0.6) is 0 Å². The minimum atomic E-state index is -0.286. The van der Waals surface area contributed by atoms with Crippen LogP contribution in [0.1, 0.15) is 17.2 Å². The highest BCUT2D eigenvalue weighted by atomic mass is 79.9. The molecule has 3 N–H and O–H groups in total. The van der Waals surface area contributed by atoms with Crippen molar-refractivity contribution >= 4 is 27.5 Å². The second-order valence-corrected chi connectivity index (χ2v) is 5.57. The van der Waals surface area contributed by atoms with E-state index in [1.54, 1.807) is 12.1 Å². The molecule has 19 heavy (non-hydrogen) atoms. The van der Waals surface area contributed by atoms with Gasteiger partial charge in [-0.25, -0.2) is 4.39 Å². The average molecular weight is 344 g/mol. The van der Waals surface area contributed by atoms with Crippen LogP contribution in [0.2, 0.25) is 5.02 Å². The molecule has 0 spiro atoms. The molecule has 5 heteroatoms. The van der Waals surface area contributed by atoms with Crippen LogP contribution < -0.4 is 11.3 Å². The van der Waals surface area contributed by atoms with Crippen molar-refractivity contribution in [1.29, 1.82) is 0 Å². The van der Waals surface area contributed by atoms with E-state index >= 15 is 0 Å². The number of halogens is 3. The number of hydrogen-bond donors (Lipinski definition) is 2. The van der Waals surface area contributed by atoms with E-state index in [-0.39, 0.29) is 11.9 Å². The third-order valence-corrected chi connectivity index (χ3v) is 3.64. The van der Waals surface area contributed by atoms with Crippen molar-refractivity contribution in [2.75, 3.05) is 0 Å². The number of rotatable bonds is 4. The summed E-state index contributed by atoms with van der Waals surface area (Å²) in [6, 6.07) is 12.1. The van der Waals surface area contributed by atoms with E-state index in [2.05, 4.69) is 21.4 Å². The van der Waals surface area contributed by atoms with E-state index in [4.69, 9.17) is 17.4 Å². The summed E-state index contributed by atoms with van der Waals surface area (Å²) in [4.78, 5) is 0. The standard InChI is InChI=1S/C14H13BrClFN2/c15-10-3-6-12(13(17)8-10)14(19-18)7-9-1-4-11(16)5-2-9/h1-6,8,14,19H,7,18H2. The lowest BCUT2D eigenvalue weighted by molar-refractivity contribution is 0.510. The molecule has 0 saturated heterocycles. The molecule has 0 heterocycles. The topological polar surface area (TPSA) is 38.0 Å². The zero-order chi connectivity index (χ0) is 13.8. The summed E-state index contributed by atoms with van der Waals surface area (Å²) < 4.78 is 14.6. The lowest BCUT2D eigenvalue weighted by Gasteiger charge is -2.17. The van der Waals surface area contributed by atoms with Gasteiger partial charge in [-0.15, -0.1) is 0 Å². The molecule has 2 rings (SSSR count). The molecule has 2 nitrogen and oxygen atoms in total. The summed E-state index contributed by atoms with van der Waals surface area (Å²) in [6.07, 6.45) is 0.590. The van der Waals surface area contributed by atoms with Gasteiger partial charge in [0.25, 0.3) is 0 Å². The quantitative estimate of drug-likeness (QED) is 0.651. The van der Waals surface area contributed by atoms with Gasteiger partial charge in [0.2, 0.25) is 0 Å². The third kappa shape index (κ3) is 3.76. The van der Waals surface area contributed by atoms with Gasteiger partial charge < -0.3 is 0 Å². The van der Waals surface area contributed by atoms with Crippen molar-refractivity contribution in [2.45, 2.75) is 12.5 Å². The fourth-order valence-corrected chi connectivity index (χ4v) is 2.36. The van der Waals surface area contributed by atoms with Crippen LogP contribution in [0.15, 0.2) is 46.9 Å². The summed E-state index contributed by atoms with van der Waals surface area (Å²) in [5.74, 6) is 5.25. The molecule has 0 saturated carbocycles. The smallest absolute Gasteiger partial charge is 0.129 e. The van der Waals surface area contributed by atoms with Gasteiger partial charge >= 0.3 is 0 Å². The van der Waals surface area contributed by atoms with Crippen molar-refractivity contribution < 1.29 is 4.39 Å². The Kier molecular flexibility index (Phi) is 4.93. The first-order chi connectivity index (χ1) is 9.10. The van der Waals surface area contributed by atoms with Crippen molar-refractivity contribution in [3.05, 3.63) is 68.9 Å². The van der Waals surface area contributed by atoms with Crippen LogP contribution >= 0.6 is 27.5 Å². The van der Waals surface area contributed by atoms with Crippen LogP contribution in [-0.2, 0) is 6.42 Å². The van der Waals surface area contributed by atoms with Gasteiger partial charge in [-0.2, -0.15) is 0 Å². The SMILES string of the molecule is NNC(Cc1ccc(Cl)cc1)c1ccc(Br)cc1F. The zero-order valence-electron chi connectivity index (χ0n) is 10.0. The Bertz CT molecular complexity index is 560. The first-order valence-electron chi connectivity index (χ1n) is 5.75. The Morgan fingerprint density at radius 3 is 2.47 bits per heavy atom. The van der Waals surface area contributed by atoms with E-state index in [0.29, 0.717) is 21.5 Å². The monoisotopic (exact) mass is 342 g/mol. The number of benzene rings is 2. The molecule has 0 aliphatic heterocycles. The molecule has 0 aliphatic carbocycles. The Labute approximate surface area is 124 Å².